The second-order valence-electron chi connectivity index (χ2n) is 5.66. The molecule has 0 aliphatic carbocycles. The van der Waals surface area contributed by atoms with Crippen LogP contribution in [0.2, 0.25) is 0 Å². The van der Waals surface area contributed by atoms with E-state index in [1.165, 1.54) is 4.90 Å². The van der Waals surface area contributed by atoms with Crippen molar-refractivity contribution >= 4 is 5.91 Å². The molecule has 0 radical (unpaired) electrons. The summed E-state index contributed by atoms with van der Waals surface area (Å²) in [5.41, 5.74) is 0.409. The minimum absolute atomic E-state index is 0.159. The molecule has 1 saturated heterocycles. The first-order valence-corrected chi connectivity index (χ1v) is 7.31. The zero-order valence-electron chi connectivity index (χ0n) is 12.8. The SMILES string of the molecule is CN1CCN(CC(O)CN(C)C(=O)c2ccccn2)CC1. The number of β-amino-alcohol motifs (C(OH)–C–C–N with tert-alkyl or cyclic N) is 1. The largest absolute Gasteiger partial charge is 0.390 e. The number of hydrogen-bond donors (Lipinski definition) is 1. The van der Waals surface area contributed by atoms with E-state index in [0.29, 0.717) is 18.8 Å². The molecule has 1 aromatic rings. The highest BCUT2D eigenvalue weighted by molar-refractivity contribution is 5.92. The van der Waals surface area contributed by atoms with Crippen LogP contribution in [0.15, 0.2) is 24.4 Å². The van der Waals surface area contributed by atoms with Crippen molar-refractivity contribution in [3.05, 3.63) is 30.1 Å². The van der Waals surface area contributed by atoms with Gasteiger partial charge in [0.25, 0.3) is 5.91 Å². The maximum absolute atomic E-state index is 12.1. The van der Waals surface area contributed by atoms with Crippen LogP contribution in [0.3, 0.4) is 0 Å². The molecule has 1 unspecified atom stereocenters. The molecule has 1 fully saturated rings. The lowest BCUT2D eigenvalue weighted by Crippen LogP contribution is -2.49. The van der Waals surface area contributed by atoms with E-state index in [9.17, 15) is 9.90 Å². The van der Waals surface area contributed by atoms with Crippen LogP contribution in [-0.4, -0.2) is 90.2 Å². The quantitative estimate of drug-likeness (QED) is 0.812. The van der Waals surface area contributed by atoms with Gasteiger partial charge in [0, 0.05) is 52.5 Å². The molecule has 0 aromatic carbocycles. The summed E-state index contributed by atoms with van der Waals surface area (Å²) in [5, 5.41) is 10.2. The zero-order chi connectivity index (χ0) is 15.2. The predicted molar refractivity (Wildman–Crippen MR) is 81.1 cm³/mol. The Morgan fingerprint density at radius 3 is 2.71 bits per heavy atom. The Morgan fingerprint density at radius 1 is 1.38 bits per heavy atom. The number of carbonyl (C=O) groups is 1. The van der Waals surface area contributed by atoms with Crippen LogP contribution in [0.25, 0.3) is 0 Å². The van der Waals surface area contributed by atoms with Gasteiger partial charge >= 0.3 is 0 Å². The Bertz CT molecular complexity index is 446. The minimum atomic E-state index is -0.536. The van der Waals surface area contributed by atoms with Gasteiger partial charge in [0.05, 0.1) is 6.10 Å². The monoisotopic (exact) mass is 292 g/mol. The summed E-state index contributed by atoms with van der Waals surface area (Å²) in [5.74, 6) is -0.159. The summed E-state index contributed by atoms with van der Waals surface area (Å²) in [7, 11) is 3.80. The number of aromatic nitrogens is 1. The number of amides is 1. The highest BCUT2D eigenvalue weighted by Gasteiger charge is 2.20. The minimum Gasteiger partial charge on any atom is -0.390 e. The maximum Gasteiger partial charge on any atom is 0.272 e. The number of likely N-dealkylation sites (N-methyl/N-ethyl adjacent to an activating group) is 2. The number of piperazine rings is 1. The van der Waals surface area contributed by atoms with Gasteiger partial charge in [0.2, 0.25) is 0 Å². The Balaban J connectivity index is 1.79. The number of aliphatic hydroxyl groups is 1. The average Bonchev–Trinajstić information content (AvgIpc) is 2.49. The number of rotatable bonds is 5. The van der Waals surface area contributed by atoms with Crippen LogP contribution >= 0.6 is 0 Å². The molecule has 0 saturated carbocycles. The maximum atomic E-state index is 12.1. The topological polar surface area (TPSA) is 59.9 Å². The summed E-state index contributed by atoms with van der Waals surface area (Å²) in [6, 6.07) is 5.25. The number of carbonyl (C=O) groups excluding carboxylic acids is 1. The summed E-state index contributed by atoms with van der Waals surface area (Å²) >= 11 is 0. The van der Waals surface area contributed by atoms with Crippen LogP contribution in [0.5, 0.6) is 0 Å². The first-order valence-electron chi connectivity index (χ1n) is 7.31. The van der Waals surface area contributed by atoms with E-state index in [4.69, 9.17) is 0 Å². The van der Waals surface area contributed by atoms with E-state index in [1.54, 1.807) is 31.4 Å². The average molecular weight is 292 g/mol. The van der Waals surface area contributed by atoms with Gasteiger partial charge < -0.3 is 14.9 Å². The summed E-state index contributed by atoms with van der Waals surface area (Å²) in [6.45, 7) is 4.90. The zero-order valence-corrected chi connectivity index (χ0v) is 12.8. The van der Waals surface area contributed by atoms with Crippen LogP contribution < -0.4 is 0 Å². The van der Waals surface area contributed by atoms with Gasteiger partial charge in [-0.3, -0.25) is 14.7 Å². The normalized spacial score (nSPS) is 18.4. The molecule has 1 aliphatic rings. The van der Waals surface area contributed by atoms with Gasteiger partial charge in [0.15, 0.2) is 0 Å². The molecular weight excluding hydrogens is 268 g/mol. The van der Waals surface area contributed by atoms with E-state index >= 15 is 0 Å². The van der Waals surface area contributed by atoms with Gasteiger partial charge in [-0.2, -0.15) is 0 Å². The third kappa shape index (κ3) is 4.77. The molecule has 0 bridgehead atoms. The van der Waals surface area contributed by atoms with Crippen molar-refractivity contribution in [2.75, 3.05) is 53.4 Å². The lowest BCUT2D eigenvalue weighted by Gasteiger charge is -2.34. The smallest absolute Gasteiger partial charge is 0.272 e. The van der Waals surface area contributed by atoms with E-state index in [0.717, 1.165) is 26.2 Å². The fraction of sp³-hybridized carbons (Fsp3) is 0.600. The molecule has 2 heterocycles. The lowest BCUT2D eigenvalue weighted by atomic mass is 10.2. The van der Waals surface area contributed by atoms with Gasteiger partial charge in [-0.1, -0.05) is 6.07 Å². The standard InChI is InChI=1S/C15H24N4O2/c1-17-7-9-19(10-8-17)12-13(20)11-18(2)15(21)14-5-3-4-6-16-14/h3-6,13,20H,7-12H2,1-2H3. The van der Waals surface area contributed by atoms with E-state index < -0.39 is 6.10 Å². The van der Waals surface area contributed by atoms with Gasteiger partial charge in [-0.15, -0.1) is 0 Å². The molecular formula is C15H24N4O2. The second-order valence-corrected chi connectivity index (χ2v) is 5.66. The molecule has 116 valence electrons. The molecule has 6 heteroatoms. The van der Waals surface area contributed by atoms with Crippen molar-refractivity contribution < 1.29 is 9.90 Å². The van der Waals surface area contributed by atoms with Crippen LogP contribution in [0.4, 0.5) is 0 Å². The summed E-state index contributed by atoms with van der Waals surface area (Å²) < 4.78 is 0. The van der Waals surface area contributed by atoms with Gasteiger partial charge in [0.1, 0.15) is 5.69 Å². The van der Waals surface area contributed by atoms with E-state index in [1.807, 2.05) is 0 Å². The Hall–Kier alpha value is -1.50. The molecule has 0 spiro atoms. The number of aliphatic hydroxyl groups excluding tert-OH is 1. The van der Waals surface area contributed by atoms with Crippen LogP contribution in [0.1, 0.15) is 10.5 Å². The Labute approximate surface area is 126 Å². The Morgan fingerprint density at radius 2 is 2.10 bits per heavy atom. The molecule has 1 aromatic heterocycles. The molecule has 6 nitrogen and oxygen atoms in total. The van der Waals surface area contributed by atoms with Crippen molar-refractivity contribution in [2.45, 2.75) is 6.10 Å². The van der Waals surface area contributed by atoms with Crippen molar-refractivity contribution in [1.82, 2.24) is 19.7 Å². The molecule has 21 heavy (non-hydrogen) atoms. The Kier molecular flexibility index (Phi) is 5.67. The highest BCUT2D eigenvalue weighted by Crippen LogP contribution is 2.04. The molecule has 1 N–H and O–H groups in total. The summed E-state index contributed by atoms with van der Waals surface area (Å²) in [6.07, 6.45) is 1.06. The second kappa shape index (κ2) is 7.49. The molecule has 1 aliphatic heterocycles. The molecule has 1 amide bonds. The van der Waals surface area contributed by atoms with E-state index in [2.05, 4.69) is 21.8 Å². The third-order valence-electron chi connectivity index (χ3n) is 3.78. The first kappa shape index (κ1) is 15.9. The van der Waals surface area contributed by atoms with Crippen molar-refractivity contribution in [3.8, 4) is 0 Å². The molecule has 1 atom stereocenters. The van der Waals surface area contributed by atoms with Gasteiger partial charge in [-0.05, 0) is 19.2 Å². The fourth-order valence-corrected chi connectivity index (χ4v) is 2.47. The lowest BCUT2D eigenvalue weighted by molar-refractivity contribution is 0.0498. The number of pyridine rings is 1. The number of hydrogen-bond acceptors (Lipinski definition) is 5. The van der Waals surface area contributed by atoms with E-state index in [-0.39, 0.29) is 5.91 Å². The summed E-state index contributed by atoms with van der Waals surface area (Å²) in [4.78, 5) is 22.2. The van der Waals surface area contributed by atoms with Crippen LogP contribution in [0, 0.1) is 0 Å². The predicted octanol–water partition coefficient (Wildman–Crippen LogP) is -0.238. The number of nitrogens with zero attached hydrogens (tertiary/aromatic N) is 4. The first-order chi connectivity index (χ1) is 10.1. The highest BCUT2D eigenvalue weighted by atomic mass is 16.3. The van der Waals surface area contributed by atoms with Crippen molar-refractivity contribution in [1.29, 1.82) is 0 Å². The fourth-order valence-electron chi connectivity index (χ4n) is 2.47. The molecule has 2 rings (SSSR count). The third-order valence-corrected chi connectivity index (χ3v) is 3.78. The van der Waals surface area contributed by atoms with Crippen molar-refractivity contribution in [2.24, 2.45) is 0 Å². The van der Waals surface area contributed by atoms with Crippen LogP contribution in [-0.2, 0) is 0 Å². The van der Waals surface area contributed by atoms with Crippen molar-refractivity contribution in [3.63, 3.8) is 0 Å². The van der Waals surface area contributed by atoms with Gasteiger partial charge in [-0.25, -0.2) is 0 Å².